The zero-order valence-electron chi connectivity index (χ0n) is 11.4. The average Bonchev–Trinajstić information content (AvgIpc) is 2.38. The largest absolute Gasteiger partial charge is 0.416 e. The highest BCUT2D eigenvalue weighted by Crippen LogP contribution is 2.29. The number of halogens is 3. The molecule has 2 unspecified atom stereocenters. The fraction of sp³-hybridized carbons (Fsp3) is 0.571. The van der Waals surface area contributed by atoms with Crippen LogP contribution in [0.2, 0.25) is 0 Å². The summed E-state index contributed by atoms with van der Waals surface area (Å²) in [6.45, 7) is 2.27. The quantitative estimate of drug-likeness (QED) is 0.923. The Morgan fingerprint density at radius 3 is 2.55 bits per heavy atom. The average molecular weight is 288 g/mol. The molecule has 3 nitrogen and oxygen atoms in total. The molecule has 2 N–H and O–H groups in total. The molecule has 2 rings (SSSR count). The fourth-order valence-corrected chi connectivity index (χ4v) is 2.30. The first-order valence-electron chi connectivity index (χ1n) is 6.58. The van der Waals surface area contributed by atoms with Gasteiger partial charge in [-0.1, -0.05) is 12.1 Å². The van der Waals surface area contributed by atoms with Gasteiger partial charge in [-0.15, -0.1) is 0 Å². The summed E-state index contributed by atoms with van der Waals surface area (Å²) >= 11 is 0. The molecular formula is C14H19F3N2O. The highest BCUT2D eigenvalue weighted by molar-refractivity contribution is 5.25. The molecule has 1 fully saturated rings. The van der Waals surface area contributed by atoms with Crippen LogP contribution in [-0.4, -0.2) is 43.8 Å². The highest BCUT2D eigenvalue weighted by atomic mass is 19.4. The Labute approximate surface area is 116 Å². The number of rotatable bonds is 3. The molecule has 0 bridgehead atoms. The van der Waals surface area contributed by atoms with Crippen LogP contribution in [0.3, 0.4) is 0 Å². The number of hydrogen-bond donors (Lipinski definition) is 1. The Morgan fingerprint density at radius 1 is 1.35 bits per heavy atom. The molecule has 112 valence electrons. The predicted molar refractivity (Wildman–Crippen MR) is 70.4 cm³/mol. The number of ether oxygens (including phenoxy) is 1. The molecule has 1 aromatic carbocycles. The van der Waals surface area contributed by atoms with E-state index in [1.807, 2.05) is 7.05 Å². The van der Waals surface area contributed by atoms with Crippen molar-refractivity contribution in [1.82, 2.24) is 4.90 Å². The smallest absolute Gasteiger partial charge is 0.374 e. The molecule has 20 heavy (non-hydrogen) atoms. The molecule has 1 heterocycles. The third-order valence-corrected chi connectivity index (χ3v) is 3.53. The molecule has 1 aliphatic rings. The summed E-state index contributed by atoms with van der Waals surface area (Å²) in [6, 6.07) is 4.94. The molecule has 1 aromatic rings. The standard InChI is InChI=1S/C14H19F3N2O/c1-19-6-7-20-13(9-19)12(18)8-10-2-4-11(5-3-10)14(15,16)17/h2-5,12-13H,6-9,18H2,1H3. The predicted octanol–water partition coefficient (Wildman–Crippen LogP) is 1.91. The number of likely N-dealkylation sites (N-methyl/N-ethyl adjacent to an activating group) is 1. The topological polar surface area (TPSA) is 38.5 Å². The summed E-state index contributed by atoms with van der Waals surface area (Å²) in [5.41, 5.74) is 6.25. The van der Waals surface area contributed by atoms with Crippen LogP contribution < -0.4 is 5.73 Å². The van der Waals surface area contributed by atoms with E-state index in [1.165, 1.54) is 12.1 Å². The van der Waals surface area contributed by atoms with E-state index in [1.54, 1.807) is 0 Å². The van der Waals surface area contributed by atoms with Gasteiger partial charge in [-0.05, 0) is 31.2 Å². The van der Waals surface area contributed by atoms with Crippen molar-refractivity contribution in [2.45, 2.75) is 24.7 Å². The normalized spacial score (nSPS) is 22.8. The molecule has 0 radical (unpaired) electrons. The molecule has 0 aliphatic carbocycles. The van der Waals surface area contributed by atoms with E-state index >= 15 is 0 Å². The van der Waals surface area contributed by atoms with Crippen LogP contribution in [0.4, 0.5) is 13.2 Å². The van der Waals surface area contributed by atoms with Gasteiger partial charge in [0.05, 0.1) is 18.3 Å². The lowest BCUT2D eigenvalue weighted by Crippen LogP contribution is -2.50. The second kappa shape index (κ2) is 6.11. The van der Waals surface area contributed by atoms with E-state index in [4.69, 9.17) is 10.5 Å². The minimum Gasteiger partial charge on any atom is -0.374 e. The van der Waals surface area contributed by atoms with Crippen molar-refractivity contribution in [1.29, 1.82) is 0 Å². The maximum Gasteiger partial charge on any atom is 0.416 e. The second-order valence-corrected chi connectivity index (χ2v) is 5.23. The molecule has 2 atom stereocenters. The zero-order valence-corrected chi connectivity index (χ0v) is 11.4. The first-order valence-corrected chi connectivity index (χ1v) is 6.58. The van der Waals surface area contributed by atoms with Gasteiger partial charge in [-0.2, -0.15) is 13.2 Å². The number of alkyl halides is 3. The molecule has 0 saturated carbocycles. The van der Waals surface area contributed by atoms with Crippen LogP contribution >= 0.6 is 0 Å². The third kappa shape index (κ3) is 3.94. The van der Waals surface area contributed by atoms with Crippen molar-refractivity contribution in [3.8, 4) is 0 Å². The number of nitrogens with zero attached hydrogens (tertiary/aromatic N) is 1. The lowest BCUT2D eigenvalue weighted by atomic mass is 10.00. The van der Waals surface area contributed by atoms with E-state index in [-0.39, 0.29) is 12.1 Å². The van der Waals surface area contributed by atoms with Gasteiger partial charge < -0.3 is 15.4 Å². The molecule has 1 aliphatic heterocycles. The van der Waals surface area contributed by atoms with E-state index in [2.05, 4.69) is 4.90 Å². The molecule has 0 amide bonds. The van der Waals surface area contributed by atoms with E-state index < -0.39 is 11.7 Å². The van der Waals surface area contributed by atoms with Crippen LogP contribution in [0.1, 0.15) is 11.1 Å². The lowest BCUT2D eigenvalue weighted by Gasteiger charge is -2.33. The third-order valence-electron chi connectivity index (χ3n) is 3.53. The van der Waals surface area contributed by atoms with E-state index in [9.17, 15) is 13.2 Å². The van der Waals surface area contributed by atoms with Gasteiger partial charge in [-0.3, -0.25) is 0 Å². The van der Waals surface area contributed by atoms with Gasteiger partial charge in [0.15, 0.2) is 0 Å². The first kappa shape index (κ1) is 15.3. The number of hydrogen-bond acceptors (Lipinski definition) is 3. The Bertz CT molecular complexity index is 433. The monoisotopic (exact) mass is 288 g/mol. The Morgan fingerprint density at radius 2 is 2.00 bits per heavy atom. The van der Waals surface area contributed by atoms with Crippen molar-refractivity contribution < 1.29 is 17.9 Å². The summed E-state index contributed by atoms with van der Waals surface area (Å²) in [5.74, 6) is 0. The van der Waals surface area contributed by atoms with Gasteiger partial charge in [0.2, 0.25) is 0 Å². The SMILES string of the molecule is CN1CCOC(C(N)Cc2ccc(C(F)(F)F)cc2)C1. The first-order chi connectivity index (χ1) is 9.36. The molecule has 0 spiro atoms. The second-order valence-electron chi connectivity index (χ2n) is 5.23. The summed E-state index contributed by atoms with van der Waals surface area (Å²) in [5, 5.41) is 0. The molecule has 6 heteroatoms. The molecule has 0 aromatic heterocycles. The van der Waals surface area contributed by atoms with Gasteiger partial charge in [0.25, 0.3) is 0 Å². The van der Waals surface area contributed by atoms with Crippen molar-refractivity contribution in [2.75, 3.05) is 26.7 Å². The van der Waals surface area contributed by atoms with Gasteiger partial charge in [0, 0.05) is 19.1 Å². The van der Waals surface area contributed by atoms with Crippen LogP contribution in [-0.2, 0) is 17.3 Å². The van der Waals surface area contributed by atoms with Crippen molar-refractivity contribution in [3.05, 3.63) is 35.4 Å². The van der Waals surface area contributed by atoms with Gasteiger partial charge in [-0.25, -0.2) is 0 Å². The van der Waals surface area contributed by atoms with Crippen molar-refractivity contribution in [3.63, 3.8) is 0 Å². The Kier molecular flexibility index (Phi) is 4.67. The van der Waals surface area contributed by atoms with E-state index in [0.29, 0.717) is 13.0 Å². The van der Waals surface area contributed by atoms with Gasteiger partial charge >= 0.3 is 6.18 Å². The Balaban J connectivity index is 1.95. The summed E-state index contributed by atoms with van der Waals surface area (Å²) in [7, 11) is 2.00. The van der Waals surface area contributed by atoms with Crippen LogP contribution in [0.5, 0.6) is 0 Å². The minimum absolute atomic E-state index is 0.0731. The zero-order chi connectivity index (χ0) is 14.8. The van der Waals surface area contributed by atoms with Crippen molar-refractivity contribution >= 4 is 0 Å². The molecular weight excluding hydrogens is 269 g/mol. The minimum atomic E-state index is -4.30. The molecule has 1 saturated heterocycles. The van der Waals surface area contributed by atoms with Crippen molar-refractivity contribution in [2.24, 2.45) is 5.73 Å². The number of nitrogens with two attached hydrogens (primary N) is 1. The van der Waals surface area contributed by atoms with Crippen LogP contribution in [0.25, 0.3) is 0 Å². The summed E-state index contributed by atoms with van der Waals surface area (Å²) in [6.07, 6.45) is -3.86. The Hall–Kier alpha value is -1.11. The maximum absolute atomic E-state index is 12.5. The van der Waals surface area contributed by atoms with E-state index in [0.717, 1.165) is 30.8 Å². The fourth-order valence-electron chi connectivity index (χ4n) is 2.30. The lowest BCUT2D eigenvalue weighted by molar-refractivity contribution is -0.137. The highest BCUT2D eigenvalue weighted by Gasteiger charge is 2.30. The number of morpholine rings is 1. The number of benzene rings is 1. The van der Waals surface area contributed by atoms with Crippen LogP contribution in [0.15, 0.2) is 24.3 Å². The van der Waals surface area contributed by atoms with Crippen LogP contribution in [0, 0.1) is 0 Å². The summed E-state index contributed by atoms with van der Waals surface area (Å²) in [4.78, 5) is 2.14. The van der Waals surface area contributed by atoms with Gasteiger partial charge in [0.1, 0.15) is 0 Å². The maximum atomic E-state index is 12.5. The summed E-state index contributed by atoms with van der Waals surface area (Å²) < 4.78 is 43.0.